The molecule has 1 atom stereocenters. The number of benzene rings is 1. The van der Waals surface area contributed by atoms with Gasteiger partial charge in [0.05, 0.1) is 19.8 Å². The minimum atomic E-state index is -0.561. The van der Waals surface area contributed by atoms with Crippen molar-refractivity contribution in [2.24, 2.45) is 0 Å². The van der Waals surface area contributed by atoms with Gasteiger partial charge in [0.25, 0.3) is 0 Å². The van der Waals surface area contributed by atoms with Crippen molar-refractivity contribution in [2.75, 3.05) is 39.5 Å². The minimum Gasteiger partial charge on any atom is -0.491 e. The smallest absolute Gasteiger partial charge is 0.119 e. The number of rotatable bonds is 10. The van der Waals surface area contributed by atoms with Gasteiger partial charge in [-0.2, -0.15) is 0 Å². The molecule has 0 aliphatic heterocycles. The lowest BCUT2D eigenvalue weighted by atomic mass is 10.1. The lowest BCUT2D eigenvalue weighted by molar-refractivity contribution is 0.0842. The van der Waals surface area contributed by atoms with Gasteiger partial charge in [-0.05, 0) is 37.1 Å². The predicted octanol–water partition coefficient (Wildman–Crippen LogP) is 0.642. The van der Waals surface area contributed by atoms with Crippen LogP contribution in [0.2, 0.25) is 0 Å². The van der Waals surface area contributed by atoms with Crippen LogP contribution in [0, 0.1) is 13.8 Å². The Hall–Kier alpha value is -1.14. The topological polar surface area (TPSA) is 71.0 Å². The van der Waals surface area contributed by atoms with Crippen molar-refractivity contribution in [1.29, 1.82) is 0 Å². The highest BCUT2D eigenvalue weighted by Crippen LogP contribution is 2.16. The monoisotopic (exact) mass is 283 g/mol. The SMILES string of the molecule is Cc1cc(C)cc(OCC(O)CNCCOCCO)c1. The Morgan fingerprint density at radius 2 is 1.85 bits per heavy atom. The normalized spacial score (nSPS) is 12.4. The minimum absolute atomic E-state index is 0.0341. The van der Waals surface area contributed by atoms with E-state index in [2.05, 4.69) is 11.4 Å². The summed E-state index contributed by atoms with van der Waals surface area (Å²) in [5, 5.41) is 21.4. The third-order valence-electron chi connectivity index (χ3n) is 2.68. The van der Waals surface area contributed by atoms with Gasteiger partial charge >= 0.3 is 0 Å². The van der Waals surface area contributed by atoms with Crippen LogP contribution in [0.3, 0.4) is 0 Å². The van der Waals surface area contributed by atoms with Crippen molar-refractivity contribution in [3.63, 3.8) is 0 Å². The number of aliphatic hydroxyl groups excluding tert-OH is 2. The van der Waals surface area contributed by atoms with Crippen molar-refractivity contribution >= 4 is 0 Å². The molecule has 0 saturated heterocycles. The Morgan fingerprint density at radius 3 is 2.50 bits per heavy atom. The maximum Gasteiger partial charge on any atom is 0.119 e. The van der Waals surface area contributed by atoms with Crippen LogP contribution in [0.5, 0.6) is 5.75 Å². The zero-order valence-corrected chi connectivity index (χ0v) is 12.3. The molecule has 20 heavy (non-hydrogen) atoms. The second-order valence-corrected chi connectivity index (χ2v) is 4.83. The highest BCUT2D eigenvalue weighted by atomic mass is 16.5. The molecule has 0 saturated carbocycles. The summed E-state index contributed by atoms with van der Waals surface area (Å²) in [7, 11) is 0. The molecule has 1 unspecified atom stereocenters. The van der Waals surface area contributed by atoms with Crippen molar-refractivity contribution in [3.05, 3.63) is 29.3 Å². The summed E-state index contributed by atoms with van der Waals surface area (Å²) in [6.07, 6.45) is -0.561. The van der Waals surface area contributed by atoms with Crippen LogP contribution < -0.4 is 10.1 Å². The molecule has 1 aromatic carbocycles. The first-order valence-electron chi connectivity index (χ1n) is 6.90. The lowest BCUT2D eigenvalue weighted by Crippen LogP contribution is -2.33. The van der Waals surface area contributed by atoms with Crippen LogP contribution in [0.4, 0.5) is 0 Å². The molecule has 1 aromatic rings. The van der Waals surface area contributed by atoms with Crippen LogP contribution >= 0.6 is 0 Å². The predicted molar refractivity (Wildman–Crippen MR) is 78.2 cm³/mol. The molecule has 5 nitrogen and oxygen atoms in total. The third kappa shape index (κ3) is 7.45. The van der Waals surface area contributed by atoms with Gasteiger partial charge in [-0.3, -0.25) is 0 Å². The molecule has 114 valence electrons. The molecule has 1 rings (SSSR count). The van der Waals surface area contributed by atoms with Gasteiger partial charge in [0, 0.05) is 13.1 Å². The number of aryl methyl sites for hydroxylation is 2. The zero-order chi connectivity index (χ0) is 14.8. The maximum atomic E-state index is 9.78. The van der Waals surface area contributed by atoms with Crippen LogP contribution in [0.25, 0.3) is 0 Å². The zero-order valence-electron chi connectivity index (χ0n) is 12.3. The lowest BCUT2D eigenvalue weighted by Gasteiger charge is -2.14. The Labute approximate surface area is 120 Å². The van der Waals surface area contributed by atoms with Crippen molar-refractivity contribution < 1.29 is 19.7 Å². The Morgan fingerprint density at radius 1 is 1.15 bits per heavy atom. The fraction of sp³-hybridized carbons (Fsp3) is 0.600. The second-order valence-electron chi connectivity index (χ2n) is 4.83. The Balaban J connectivity index is 2.14. The van der Waals surface area contributed by atoms with Crippen LogP contribution in [0.15, 0.2) is 18.2 Å². The summed E-state index contributed by atoms with van der Waals surface area (Å²) in [5.41, 5.74) is 2.29. The summed E-state index contributed by atoms with van der Waals surface area (Å²) in [5.74, 6) is 0.785. The second kappa shape index (κ2) is 9.72. The quantitative estimate of drug-likeness (QED) is 0.550. The van der Waals surface area contributed by atoms with Crippen LogP contribution in [-0.2, 0) is 4.74 Å². The van der Waals surface area contributed by atoms with E-state index in [1.165, 1.54) is 0 Å². The standard InChI is InChI=1S/C15H25NO4/c1-12-7-13(2)9-15(8-12)20-11-14(18)10-16-3-5-19-6-4-17/h7-9,14,16-18H,3-6,10-11H2,1-2H3. The maximum absolute atomic E-state index is 9.78. The van der Waals surface area contributed by atoms with E-state index in [1.54, 1.807) is 0 Å². The Kier molecular flexibility index (Phi) is 8.22. The average Bonchev–Trinajstić information content (AvgIpc) is 2.39. The van der Waals surface area contributed by atoms with E-state index >= 15 is 0 Å². The van der Waals surface area contributed by atoms with Crippen molar-refractivity contribution in [3.8, 4) is 5.75 Å². The number of hydrogen-bond acceptors (Lipinski definition) is 5. The van der Waals surface area contributed by atoms with Gasteiger partial charge in [0.1, 0.15) is 18.5 Å². The number of hydrogen-bond donors (Lipinski definition) is 3. The van der Waals surface area contributed by atoms with Gasteiger partial charge < -0.3 is 25.0 Å². The number of nitrogens with one attached hydrogen (secondary N) is 1. The first-order valence-corrected chi connectivity index (χ1v) is 6.90. The number of ether oxygens (including phenoxy) is 2. The molecular formula is C15H25NO4. The highest BCUT2D eigenvalue weighted by molar-refractivity contribution is 5.32. The fourth-order valence-corrected chi connectivity index (χ4v) is 1.85. The largest absolute Gasteiger partial charge is 0.491 e. The third-order valence-corrected chi connectivity index (χ3v) is 2.68. The summed E-state index contributed by atoms with van der Waals surface area (Å²) in [4.78, 5) is 0. The van der Waals surface area contributed by atoms with E-state index in [9.17, 15) is 5.11 Å². The molecule has 3 N–H and O–H groups in total. The van der Waals surface area contributed by atoms with E-state index in [1.807, 2.05) is 26.0 Å². The molecule has 0 fully saturated rings. The molecule has 0 aliphatic rings. The summed E-state index contributed by atoms with van der Waals surface area (Å²) < 4.78 is 10.7. The van der Waals surface area contributed by atoms with E-state index < -0.39 is 6.10 Å². The fourth-order valence-electron chi connectivity index (χ4n) is 1.85. The van der Waals surface area contributed by atoms with Crippen molar-refractivity contribution in [1.82, 2.24) is 5.32 Å². The molecule has 0 amide bonds. The van der Waals surface area contributed by atoms with Crippen LogP contribution in [0.1, 0.15) is 11.1 Å². The van der Waals surface area contributed by atoms with Gasteiger partial charge in [-0.15, -0.1) is 0 Å². The Bertz CT molecular complexity index is 364. The molecule has 0 heterocycles. The summed E-state index contributed by atoms with van der Waals surface area (Å²) in [6.45, 7) is 6.29. The molecule has 0 aliphatic carbocycles. The first-order chi connectivity index (χ1) is 9.61. The summed E-state index contributed by atoms with van der Waals surface area (Å²) >= 11 is 0. The van der Waals surface area contributed by atoms with E-state index in [0.29, 0.717) is 26.3 Å². The first kappa shape index (κ1) is 16.9. The molecule has 0 bridgehead atoms. The molecule has 0 aromatic heterocycles. The molecule has 0 spiro atoms. The van der Waals surface area contributed by atoms with Crippen LogP contribution in [-0.4, -0.2) is 55.8 Å². The number of aliphatic hydroxyl groups is 2. The van der Waals surface area contributed by atoms with E-state index in [-0.39, 0.29) is 13.2 Å². The molecule has 5 heteroatoms. The van der Waals surface area contributed by atoms with Crippen molar-refractivity contribution in [2.45, 2.75) is 20.0 Å². The average molecular weight is 283 g/mol. The summed E-state index contributed by atoms with van der Waals surface area (Å²) in [6, 6.07) is 5.99. The van der Waals surface area contributed by atoms with Gasteiger partial charge in [-0.1, -0.05) is 6.07 Å². The van der Waals surface area contributed by atoms with Gasteiger partial charge in [0.2, 0.25) is 0 Å². The van der Waals surface area contributed by atoms with E-state index in [0.717, 1.165) is 16.9 Å². The molecular weight excluding hydrogens is 258 g/mol. The van der Waals surface area contributed by atoms with E-state index in [4.69, 9.17) is 14.6 Å². The molecule has 0 radical (unpaired) electrons. The van der Waals surface area contributed by atoms with Gasteiger partial charge in [-0.25, -0.2) is 0 Å². The highest BCUT2D eigenvalue weighted by Gasteiger charge is 2.05. The van der Waals surface area contributed by atoms with Gasteiger partial charge in [0.15, 0.2) is 0 Å².